The normalized spacial score (nSPS) is 23.5. The summed E-state index contributed by atoms with van der Waals surface area (Å²) >= 11 is 0. The molecule has 1 fully saturated rings. The zero-order valence-corrected chi connectivity index (χ0v) is 31.8. The molecule has 1 saturated heterocycles. The van der Waals surface area contributed by atoms with Crippen molar-refractivity contribution in [1.82, 2.24) is 5.32 Å². The van der Waals surface area contributed by atoms with E-state index in [4.69, 9.17) is 9.47 Å². The molecule has 0 aromatic rings. The summed E-state index contributed by atoms with van der Waals surface area (Å²) in [6, 6.07) is -1.19. The second kappa shape index (κ2) is 31.0. The van der Waals surface area contributed by atoms with E-state index in [9.17, 15) is 40.5 Å². The highest BCUT2D eigenvalue weighted by atomic mass is 16.7. The van der Waals surface area contributed by atoms with Gasteiger partial charge in [-0.1, -0.05) is 122 Å². The molecule has 0 aromatic carbocycles. The first kappa shape index (κ1) is 47.6. The van der Waals surface area contributed by atoms with Gasteiger partial charge in [0, 0.05) is 0 Å². The number of allylic oxidation sites excluding steroid dienone is 4. The Morgan fingerprint density at radius 1 is 0.667 bits per heavy atom. The number of amides is 1. The van der Waals surface area contributed by atoms with Crippen molar-refractivity contribution < 1.29 is 50.0 Å². The number of hydrogen-bond donors (Lipinski definition) is 8. The van der Waals surface area contributed by atoms with Gasteiger partial charge in [-0.15, -0.1) is 0 Å². The van der Waals surface area contributed by atoms with E-state index < -0.39 is 74.2 Å². The summed E-state index contributed by atoms with van der Waals surface area (Å²) in [6.45, 7) is 3.32. The lowest BCUT2D eigenvalue weighted by atomic mass is 9.98. The van der Waals surface area contributed by atoms with E-state index in [0.29, 0.717) is 12.8 Å². The zero-order valence-electron chi connectivity index (χ0n) is 31.8. The Bertz CT molecular complexity index is 887. The molecule has 0 aromatic heterocycles. The van der Waals surface area contributed by atoms with E-state index in [0.717, 1.165) is 51.4 Å². The van der Waals surface area contributed by atoms with Crippen molar-refractivity contribution in [2.75, 3.05) is 13.2 Å². The highest BCUT2D eigenvalue weighted by Crippen LogP contribution is 2.23. The number of aliphatic hydroxyl groups is 7. The first-order valence-corrected chi connectivity index (χ1v) is 20.2. The molecule has 300 valence electrons. The van der Waals surface area contributed by atoms with Gasteiger partial charge < -0.3 is 50.5 Å². The minimum absolute atomic E-state index is 0.232. The van der Waals surface area contributed by atoms with Crippen molar-refractivity contribution in [2.24, 2.45) is 0 Å². The van der Waals surface area contributed by atoms with Gasteiger partial charge in [-0.3, -0.25) is 4.79 Å². The minimum Gasteiger partial charge on any atom is -0.394 e. The Morgan fingerprint density at radius 2 is 1.18 bits per heavy atom. The van der Waals surface area contributed by atoms with Crippen LogP contribution in [0.5, 0.6) is 0 Å². The molecular formula is C40H75NO10. The van der Waals surface area contributed by atoms with Crippen LogP contribution in [0.15, 0.2) is 24.3 Å². The van der Waals surface area contributed by atoms with Crippen LogP contribution >= 0.6 is 0 Å². The van der Waals surface area contributed by atoms with Crippen LogP contribution in [-0.2, 0) is 14.3 Å². The van der Waals surface area contributed by atoms with Crippen LogP contribution in [0.25, 0.3) is 0 Å². The van der Waals surface area contributed by atoms with Crippen molar-refractivity contribution in [3.63, 3.8) is 0 Å². The summed E-state index contributed by atoms with van der Waals surface area (Å²) < 4.78 is 11.0. The Kier molecular flexibility index (Phi) is 28.9. The maximum absolute atomic E-state index is 12.9. The summed E-state index contributed by atoms with van der Waals surface area (Å²) in [5.74, 6) is -0.724. The number of hydrogen-bond acceptors (Lipinski definition) is 10. The van der Waals surface area contributed by atoms with Crippen LogP contribution < -0.4 is 5.32 Å². The van der Waals surface area contributed by atoms with E-state index >= 15 is 0 Å². The Morgan fingerprint density at radius 3 is 1.75 bits per heavy atom. The first-order valence-electron chi connectivity index (χ1n) is 20.2. The average molecular weight is 730 g/mol. The van der Waals surface area contributed by atoms with Crippen molar-refractivity contribution in [3.8, 4) is 0 Å². The molecule has 1 aliphatic heterocycles. The van der Waals surface area contributed by atoms with E-state index in [-0.39, 0.29) is 12.8 Å². The Labute approximate surface area is 308 Å². The van der Waals surface area contributed by atoms with Crippen LogP contribution in [0.1, 0.15) is 155 Å². The molecule has 11 nitrogen and oxygen atoms in total. The monoisotopic (exact) mass is 730 g/mol. The third kappa shape index (κ3) is 21.8. The fourth-order valence-electron chi connectivity index (χ4n) is 6.24. The molecule has 1 heterocycles. The molecule has 0 radical (unpaired) electrons. The summed E-state index contributed by atoms with van der Waals surface area (Å²) in [4.78, 5) is 12.9. The molecule has 1 rings (SSSR count). The summed E-state index contributed by atoms with van der Waals surface area (Å²) in [5, 5.41) is 75.1. The lowest BCUT2D eigenvalue weighted by Gasteiger charge is -2.40. The lowest BCUT2D eigenvalue weighted by Crippen LogP contribution is -2.60. The van der Waals surface area contributed by atoms with Gasteiger partial charge in [0.1, 0.15) is 36.6 Å². The molecule has 0 spiro atoms. The summed E-state index contributed by atoms with van der Waals surface area (Å²) in [5.41, 5.74) is 0. The highest BCUT2D eigenvalue weighted by molar-refractivity contribution is 5.80. The van der Waals surface area contributed by atoms with Gasteiger partial charge >= 0.3 is 0 Å². The number of unbranched alkanes of at least 4 members (excludes halogenated alkanes) is 16. The third-order valence-corrected chi connectivity index (χ3v) is 9.73. The predicted molar refractivity (Wildman–Crippen MR) is 201 cm³/mol. The fraction of sp³-hybridized carbons (Fsp3) is 0.875. The maximum Gasteiger partial charge on any atom is 0.249 e. The molecule has 8 N–H and O–H groups in total. The molecule has 0 aliphatic carbocycles. The molecule has 1 amide bonds. The SMILES string of the molecule is CCCC/C=C\CCCCCC(O)C(=O)NC(COC1OC(CO)C(O)C(O)C1O)C(O)C(O)CCC/C=C/CCCCCCCCCCCC. The van der Waals surface area contributed by atoms with Crippen molar-refractivity contribution in [2.45, 2.75) is 210 Å². The maximum atomic E-state index is 12.9. The van der Waals surface area contributed by atoms with Crippen molar-refractivity contribution in [1.29, 1.82) is 0 Å². The number of nitrogens with one attached hydrogen (secondary N) is 1. The topological polar surface area (TPSA) is 189 Å². The van der Waals surface area contributed by atoms with Gasteiger partial charge in [-0.25, -0.2) is 0 Å². The fourth-order valence-corrected chi connectivity index (χ4v) is 6.24. The second-order valence-corrected chi connectivity index (χ2v) is 14.3. The third-order valence-electron chi connectivity index (χ3n) is 9.73. The molecule has 9 unspecified atom stereocenters. The number of ether oxygens (including phenoxy) is 2. The van der Waals surface area contributed by atoms with Crippen LogP contribution in [0.4, 0.5) is 0 Å². The van der Waals surface area contributed by atoms with Crippen LogP contribution in [0.2, 0.25) is 0 Å². The zero-order chi connectivity index (χ0) is 37.7. The molecule has 0 bridgehead atoms. The van der Waals surface area contributed by atoms with Gasteiger partial charge in [-0.2, -0.15) is 0 Å². The smallest absolute Gasteiger partial charge is 0.249 e. The number of aliphatic hydroxyl groups excluding tert-OH is 7. The molecule has 0 saturated carbocycles. The standard InChI is InChI=1S/C40H75NO10/c1-3-5-7-9-11-13-14-15-16-17-18-20-21-23-25-27-32(43)35(45)31(30-50-40-38(48)37(47)36(46)34(29-42)51-40)41-39(49)33(44)28-26-24-22-19-12-10-8-6-4-2/h10,12,20-21,31-38,40,42-48H,3-9,11,13-19,22-30H2,1-2H3,(H,41,49)/b12-10-,21-20+. The van der Waals surface area contributed by atoms with Gasteiger partial charge in [0.15, 0.2) is 6.29 Å². The van der Waals surface area contributed by atoms with Gasteiger partial charge in [0.2, 0.25) is 5.91 Å². The Hall–Kier alpha value is -1.41. The first-order chi connectivity index (χ1) is 24.7. The lowest BCUT2D eigenvalue weighted by molar-refractivity contribution is -0.303. The van der Waals surface area contributed by atoms with E-state index in [1.807, 2.05) is 0 Å². The van der Waals surface area contributed by atoms with Gasteiger partial charge in [0.05, 0.1) is 25.4 Å². The minimum atomic E-state index is -1.67. The molecule has 51 heavy (non-hydrogen) atoms. The quantitative estimate of drug-likeness (QED) is 0.0342. The van der Waals surface area contributed by atoms with Crippen LogP contribution in [0.3, 0.4) is 0 Å². The van der Waals surface area contributed by atoms with Crippen molar-refractivity contribution in [3.05, 3.63) is 24.3 Å². The average Bonchev–Trinajstić information content (AvgIpc) is 3.13. The van der Waals surface area contributed by atoms with E-state index in [1.54, 1.807) is 0 Å². The second-order valence-electron chi connectivity index (χ2n) is 14.3. The van der Waals surface area contributed by atoms with Gasteiger partial charge in [-0.05, 0) is 57.8 Å². The molecular weight excluding hydrogens is 654 g/mol. The molecule has 9 atom stereocenters. The van der Waals surface area contributed by atoms with Crippen LogP contribution in [0, 0.1) is 0 Å². The molecule has 1 aliphatic rings. The molecule has 11 heteroatoms. The number of carbonyl (C=O) groups excluding carboxylic acids is 1. The van der Waals surface area contributed by atoms with E-state index in [2.05, 4.69) is 43.5 Å². The summed E-state index contributed by atoms with van der Waals surface area (Å²) in [7, 11) is 0. The Balaban J connectivity index is 2.56. The van der Waals surface area contributed by atoms with Crippen molar-refractivity contribution >= 4 is 5.91 Å². The number of rotatable bonds is 32. The summed E-state index contributed by atoms with van der Waals surface area (Å²) in [6.07, 6.45) is 19.7. The predicted octanol–water partition coefficient (Wildman–Crippen LogP) is 5.10. The largest absolute Gasteiger partial charge is 0.394 e. The van der Waals surface area contributed by atoms with Crippen LogP contribution in [-0.4, -0.2) is 110 Å². The van der Waals surface area contributed by atoms with E-state index in [1.165, 1.54) is 64.2 Å². The van der Waals surface area contributed by atoms with Gasteiger partial charge in [0.25, 0.3) is 0 Å². The number of carbonyl (C=O) groups is 1. The highest BCUT2D eigenvalue weighted by Gasteiger charge is 2.44.